The third kappa shape index (κ3) is 5.38. The number of allylic oxidation sites excluding steroid dienone is 1. The molecule has 0 aliphatic carbocycles. The Hall–Kier alpha value is -0.870. The van der Waals surface area contributed by atoms with Crippen molar-refractivity contribution in [1.82, 2.24) is 0 Å². The van der Waals surface area contributed by atoms with Gasteiger partial charge in [0.05, 0.1) is 0 Å². The first kappa shape index (κ1) is 12.1. The summed E-state index contributed by atoms with van der Waals surface area (Å²) in [6.45, 7) is 5.24. The third-order valence-electron chi connectivity index (χ3n) is 1.42. The maximum Gasteiger partial charge on any atom is 0.368 e. The molecule has 0 heterocycles. The van der Waals surface area contributed by atoms with Crippen molar-refractivity contribution < 1.29 is 19.3 Å². The van der Waals surface area contributed by atoms with Gasteiger partial charge in [0, 0.05) is 12.7 Å². The molecule has 0 aliphatic heterocycles. The lowest BCUT2D eigenvalue weighted by Crippen LogP contribution is -2.15. The van der Waals surface area contributed by atoms with Crippen molar-refractivity contribution in [1.29, 1.82) is 0 Å². The van der Waals surface area contributed by atoms with Crippen LogP contribution in [0.25, 0.3) is 0 Å². The van der Waals surface area contributed by atoms with E-state index in [-0.39, 0.29) is 0 Å². The molecule has 0 aromatic heterocycles. The first-order chi connectivity index (χ1) is 6.11. The van der Waals surface area contributed by atoms with E-state index < -0.39 is 12.3 Å². The molecule has 1 unspecified atom stereocenters. The van der Waals surface area contributed by atoms with E-state index in [4.69, 9.17) is 4.74 Å². The summed E-state index contributed by atoms with van der Waals surface area (Å²) >= 11 is 0. The van der Waals surface area contributed by atoms with Crippen LogP contribution in [0.3, 0.4) is 0 Å². The van der Waals surface area contributed by atoms with Gasteiger partial charge >= 0.3 is 5.97 Å². The summed E-state index contributed by atoms with van der Waals surface area (Å²) in [5, 5.41) is 0. The van der Waals surface area contributed by atoms with Crippen LogP contribution in [0.2, 0.25) is 0 Å². The fourth-order valence-electron chi connectivity index (χ4n) is 0.606. The standard InChI is InChI=1S/C9H16O4/c1-5-6-7(2)9(10)13-12-8(3)11-4/h6,8H,5H2,1-4H3/b7-6+. The Morgan fingerprint density at radius 2 is 2.15 bits per heavy atom. The molecule has 13 heavy (non-hydrogen) atoms. The summed E-state index contributed by atoms with van der Waals surface area (Å²) in [4.78, 5) is 20.2. The highest BCUT2D eigenvalue weighted by Crippen LogP contribution is 2.01. The number of ether oxygens (including phenoxy) is 1. The smallest absolute Gasteiger partial charge is 0.352 e. The molecule has 0 bridgehead atoms. The second kappa shape index (κ2) is 6.62. The molecule has 4 nitrogen and oxygen atoms in total. The molecule has 0 spiro atoms. The first-order valence-corrected chi connectivity index (χ1v) is 4.19. The summed E-state index contributed by atoms with van der Waals surface area (Å²) in [6.07, 6.45) is 2.02. The largest absolute Gasteiger partial charge is 0.368 e. The third-order valence-corrected chi connectivity index (χ3v) is 1.42. The number of methoxy groups -OCH3 is 1. The fraction of sp³-hybridized carbons (Fsp3) is 0.667. The zero-order valence-electron chi connectivity index (χ0n) is 8.49. The molecule has 76 valence electrons. The monoisotopic (exact) mass is 188 g/mol. The van der Waals surface area contributed by atoms with Gasteiger partial charge in [-0.25, -0.2) is 4.79 Å². The minimum absolute atomic E-state index is 0.481. The van der Waals surface area contributed by atoms with Crippen molar-refractivity contribution in [3.63, 3.8) is 0 Å². The minimum atomic E-state index is -0.543. The van der Waals surface area contributed by atoms with Crippen LogP contribution in [-0.2, 0) is 19.3 Å². The highest BCUT2D eigenvalue weighted by Gasteiger charge is 2.08. The summed E-state index contributed by atoms with van der Waals surface area (Å²) in [6, 6.07) is 0. The predicted molar refractivity (Wildman–Crippen MR) is 47.7 cm³/mol. The van der Waals surface area contributed by atoms with Gasteiger partial charge in [0.2, 0.25) is 0 Å². The van der Waals surface area contributed by atoms with Crippen molar-refractivity contribution in [3.8, 4) is 0 Å². The van der Waals surface area contributed by atoms with E-state index in [1.165, 1.54) is 7.11 Å². The van der Waals surface area contributed by atoms with Crippen molar-refractivity contribution in [3.05, 3.63) is 11.6 Å². The number of hydrogen-bond donors (Lipinski definition) is 0. The van der Waals surface area contributed by atoms with Crippen LogP contribution < -0.4 is 0 Å². The van der Waals surface area contributed by atoms with E-state index in [0.29, 0.717) is 5.57 Å². The van der Waals surface area contributed by atoms with E-state index in [9.17, 15) is 4.79 Å². The summed E-state index contributed by atoms with van der Waals surface area (Å²) in [7, 11) is 1.47. The molecule has 0 aromatic carbocycles. The molecule has 0 saturated heterocycles. The van der Waals surface area contributed by atoms with Gasteiger partial charge in [-0.1, -0.05) is 13.0 Å². The Bertz CT molecular complexity index is 186. The van der Waals surface area contributed by atoms with E-state index in [1.807, 2.05) is 6.92 Å². The van der Waals surface area contributed by atoms with Gasteiger partial charge in [0.15, 0.2) is 6.29 Å². The SMILES string of the molecule is CC/C=C(\C)C(=O)OOC(C)OC. The molecule has 1 atom stereocenters. The van der Waals surface area contributed by atoms with Crippen molar-refractivity contribution in [2.45, 2.75) is 33.5 Å². The predicted octanol–water partition coefficient (Wildman–Crippen LogP) is 1.81. The lowest BCUT2D eigenvalue weighted by Gasteiger charge is -2.08. The second-order valence-electron chi connectivity index (χ2n) is 2.57. The van der Waals surface area contributed by atoms with Crippen LogP contribution in [-0.4, -0.2) is 19.4 Å². The summed E-state index contributed by atoms with van der Waals surface area (Å²) in [5.74, 6) is -0.481. The number of carbonyl (C=O) groups is 1. The zero-order chi connectivity index (χ0) is 10.3. The zero-order valence-corrected chi connectivity index (χ0v) is 8.49. The van der Waals surface area contributed by atoms with Gasteiger partial charge in [-0.3, -0.25) is 4.89 Å². The molecule has 0 radical (unpaired) electrons. The van der Waals surface area contributed by atoms with Gasteiger partial charge in [-0.2, -0.15) is 4.89 Å². The lowest BCUT2D eigenvalue weighted by atomic mass is 10.2. The average molecular weight is 188 g/mol. The van der Waals surface area contributed by atoms with Crippen LogP contribution in [0, 0.1) is 0 Å². The molecule has 0 aromatic rings. The van der Waals surface area contributed by atoms with Crippen molar-refractivity contribution in [2.24, 2.45) is 0 Å². The quantitative estimate of drug-likeness (QED) is 0.285. The maximum atomic E-state index is 11.1. The van der Waals surface area contributed by atoms with E-state index >= 15 is 0 Å². The Morgan fingerprint density at radius 3 is 2.62 bits per heavy atom. The molecule has 0 aliphatic rings. The van der Waals surface area contributed by atoms with Gasteiger partial charge in [0.1, 0.15) is 0 Å². The fourth-order valence-corrected chi connectivity index (χ4v) is 0.606. The van der Waals surface area contributed by atoms with Crippen molar-refractivity contribution in [2.75, 3.05) is 7.11 Å². The van der Waals surface area contributed by atoms with Gasteiger partial charge in [-0.15, -0.1) is 0 Å². The van der Waals surface area contributed by atoms with Gasteiger partial charge in [-0.05, 0) is 20.3 Å². The summed E-state index contributed by atoms with van der Waals surface area (Å²) < 4.78 is 4.72. The van der Waals surface area contributed by atoms with Crippen LogP contribution in [0.1, 0.15) is 27.2 Å². The van der Waals surface area contributed by atoms with Gasteiger partial charge < -0.3 is 4.74 Å². The molecule has 0 rings (SSSR count). The molecule has 4 heteroatoms. The number of hydrogen-bond acceptors (Lipinski definition) is 4. The Labute approximate surface area is 78.4 Å². The molecule has 0 fully saturated rings. The van der Waals surface area contributed by atoms with Crippen LogP contribution in [0.4, 0.5) is 0 Å². The van der Waals surface area contributed by atoms with Crippen LogP contribution in [0.15, 0.2) is 11.6 Å². The second-order valence-corrected chi connectivity index (χ2v) is 2.57. The number of rotatable bonds is 5. The van der Waals surface area contributed by atoms with Crippen LogP contribution in [0.5, 0.6) is 0 Å². The molecular formula is C9H16O4. The minimum Gasteiger partial charge on any atom is -0.352 e. The first-order valence-electron chi connectivity index (χ1n) is 4.19. The maximum absolute atomic E-state index is 11.1. The average Bonchev–Trinajstić information content (AvgIpc) is 2.13. The van der Waals surface area contributed by atoms with Crippen molar-refractivity contribution >= 4 is 5.97 Å². The lowest BCUT2D eigenvalue weighted by molar-refractivity contribution is -0.339. The Morgan fingerprint density at radius 1 is 1.54 bits per heavy atom. The number of carbonyl (C=O) groups excluding carboxylic acids is 1. The highest BCUT2D eigenvalue weighted by atomic mass is 17.2. The molecule has 0 saturated carbocycles. The normalized spacial score (nSPS) is 14.0. The van der Waals surface area contributed by atoms with E-state index in [0.717, 1.165) is 6.42 Å². The molecule has 0 amide bonds. The summed E-state index contributed by atoms with van der Waals surface area (Å²) in [5.41, 5.74) is 0.533. The topological polar surface area (TPSA) is 44.8 Å². The molecular weight excluding hydrogens is 172 g/mol. The molecule has 0 N–H and O–H groups in total. The Balaban J connectivity index is 3.81. The van der Waals surface area contributed by atoms with Gasteiger partial charge in [0.25, 0.3) is 0 Å². The highest BCUT2D eigenvalue weighted by molar-refractivity contribution is 5.87. The van der Waals surface area contributed by atoms with Crippen LogP contribution >= 0.6 is 0 Å². The van der Waals surface area contributed by atoms with E-state index in [1.54, 1.807) is 19.9 Å². The van der Waals surface area contributed by atoms with E-state index in [2.05, 4.69) is 9.78 Å². The Kier molecular flexibility index (Phi) is 6.18.